The van der Waals surface area contributed by atoms with Gasteiger partial charge >= 0.3 is 6.03 Å². The zero-order chi connectivity index (χ0) is 16.5. The summed E-state index contributed by atoms with van der Waals surface area (Å²) in [4.78, 5) is 38.4. The van der Waals surface area contributed by atoms with Gasteiger partial charge in [0.25, 0.3) is 5.91 Å². The molecule has 2 heterocycles. The number of nitrogens with one attached hydrogen (secondary N) is 2. The molecule has 0 unspecified atom stereocenters. The topological polar surface area (TPSA) is 78.5 Å². The zero-order valence-electron chi connectivity index (χ0n) is 13.2. The molecule has 0 bridgehead atoms. The maximum Gasteiger partial charge on any atom is 0.325 e. The lowest BCUT2D eigenvalue weighted by Gasteiger charge is -2.21. The fraction of sp³-hybridized carbons (Fsp3) is 0.533. The third-order valence-electron chi connectivity index (χ3n) is 3.98. The fourth-order valence-corrected chi connectivity index (χ4v) is 3.02. The average Bonchev–Trinajstić information content (AvgIpc) is 3.03. The van der Waals surface area contributed by atoms with E-state index >= 15 is 0 Å². The van der Waals surface area contributed by atoms with Crippen LogP contribution in [0.15, 0.2) is 17.5 Å². The highest BCUT2D eigenvalue weighted by Crippen LogP contribution is 2.31. The van der Waals surface area contributed by atoms with Crippen molar-refractivity contribution < 1.29 is 14.4 Å². The summed E-state index contributed by atoms with van der Waals surface area (Å²) < 4.78 is 0. The average molecular weight is 323 g/mol. The smallest absolute Gasteiger partial charge is 0.325 e. The molecule has 1 saturated heterocycles. The molecule has 4 amide bonds. The Balaban J connectivity index is 2.08. The molecule has 0 aliphatic carbocycles. The van der Waals surface area contributed by atoms with Crippen molar-refractivity contribution in [1.29, 1.82) is 0 Å². The van der Waals surface area contributed by atoms with E-state index in [1.807, 2.05) is 32.2 Å². The first-order valence-electron chi connectivity index (χ1n) is 7.23. The minimum Gasteiger partial charge on any atom is -0.352 e. The van der Waals surface area contributed by atoms with Crippen LogP contribution in [0.1, 0.15) is 32.6 Å². The first-order valence-corrected chi connectivity index (χ1v) is 8.11. The number of hydrogen-bond donors (Lipinski definition) is 2. The molecule has 120 valence electrons. The molecule has 6 nitrogen and oxygen atoms in total. The monoisotopic (exact) mass is 323 g/mol. The van der Waals surface area contributed by atoms with Crippen LogP contribution in [-0.2, 0) is 15.1 Å². The van der Waals surface area contributed by atoms with Crippen LogP contribution in [0.3, 0.4) is 0 Å². The number of rotatable bonds is 5. The molecule has 1 aromatic heterocycles. The second-order valence-corrected chi connectivity index (χ2v) is 6.97. The number of thiophene rings is 1. The summed E-state index contributed by atoms with van der Waals surface area (Å²) in [6.07, 6.45) is 0. The van der Waals surface area contributed by atoms with Crippen molar-refractivity contribution in [1.82, 2.24) is 15.5 Å². The maximum atomic E-state index is 12.6. The summed E-state index contributed by atoms with van der Waals surface area (Å²) in [6, 6.07) is 3.07. The Morgan fingerprint density at radius 2 is 2.09 bits per heavy atom. The standard InChI is InChI=1S/C15H21N3O3S/c1-9(2)10(3)16-12(19)8-18-13(20)15(4,17-14(18)21)11-6-5-7-22-11/h5-7,9-10H,8H2,1-4H3,(H,16,19)(H,17,21)/t10-,15-/m0/s1. The number of nitrogens with zero attached hydrogens (tertiary/aromatic N) is 1. The van der Waals surface area contributed by atoms with Gasteiger partial charge in [0, 0.05) is 10.9 Å². The van der Waals surface area contributed by atoms with Gasteiger partial charge in [0.15, 0.2) is 5.54 Å². The quantitative estimate of drug-likeness (QED) is 0.809. The molecule has 0 spiro atoms. The molecule has 1 fully saturated rings. The third-order valence-corrected chi connectivity index (χ3v) is 5.07. The lowest BCUT2D eigenvalue weighted by atomic mass is 10.0. The van der Waals surface area contributed by atoms with Crippen LogP contribution in [0, 0.1) is 5.92 Å². The minimum absolute atomic E-state index is 0.0167. The molecule has 7 heteroatoms. The fourth-order valence-electron chi connectivity index (χ4n) is 2.18. The summed E-state index contributed by atoms with van der Waals surface area (Å²) in [5, 5.41) is 7.33. The van der Waals surface area contributed by atoms with E-state index in [1.54, 1.807) is 13.0 Å². The summed E-state index contributed by atoms with van der Waals surface area (Å²) in [6.45, 7) is 7.28. The molecule has 2 atom stereocenters. The Kier molecular flexibility index (Phi) is 4.55. The normalized spacial score (nSPS) is 22.9. The van der Waals surface area contributed by atoms with E-state index in [0.717, 1.165) is 9.78 Å². The third kappa shape index (κ3) is 2.99. The van der Waals surface area contributed by atoms with Crippen LogP contribution in [-0.4, -0.2) is 35.3 Å². The van der Waals surface area contributed by atoms with Crippen LogP contribution in [0.2, 0.25) is 0 Å². The Labute approximate surface area is 133 Å². The van der Waals surface area contributed by atoms with Gasteiger partial charge in [0.2, 0.25) is 5.91 Å². The lowest BCUT2D eigenvalue weighted by molar-refractivity contribution is -0.135. The minimum atomic E-state index is -1.09. The van der Waals surface area contributed by atoms with Crippen molar-refractivity contribution in [3.63, 3.8) is 0 Å². The second-order valence-electron chi connectivity index (χ2n) is 6.02. The molecule has 2 N–H and O–H groups in total. The zero-order valence-corrected chi connectivity index (χ0v) is 14.0. The van der Waals surface area contributed by atoms with Crippen molar-refractivity contribution >= 4 is 29.2 Å². The van der Waals surface area contributed by atoms with Gasteiger partial charge in [0.1, 0.15) is 6.54 Å². The molecule has 22 heavy (non-hydrogen) atoms. The number of urea groups is 1. The van der Waals surface area contributed by atoms with Gasteiger partial charge < -0.3 is 10.6 Å². The van der Waals surface area contributed by atoms with Crippen molar-refractivity contribution in [3.05, 3.63) is 22.4 Å². The second kappa shape index (κ2) is 6.08. The molecule has 2 rings (SSSR count). The van der Waals surface area contributed by atoms with Crippen LogP contribution >= 0.6 is 11.3 Å². The lowest BCUT2D eigenvalue weighted by Crippen LogP contribution is -2.45. The van der Waals surface area contributed by atoms with Crippen LogP contribution in [0.4, 0.5) is 4.79 Å². The van der Waals surface area contributed by atoms with Gasteiger partial charge in [-0.1, -0.05) is 19.9 Å². The van der Waals surface area contributed by atoms with E-state index in [1.165, 1.54) is 11.3 Å². The molecular weight excluding hydrogens is 302 g/mol. The predicted octanol–water partition coefficient (Wildman–Crippen LogP) is 1.68. The van der Waals surface area contributed by atoms with E-state index in [4.69, 9.17) is 0 Å². The number of carbonyl (C=O) groups excluding carboxylic acids is 3. The maximum absolute atomic E-state index is 12.6. The van der Waals surface area contributed by atoms with Gasteiger partial charge in [0.05, 0.1) is 0 Å². The summed E-state index contributed by atoms with van der Waals surface area (Å²) in [5.41, 5.74) is -1.09. The van der Waals surface area contributed by atoms with Crippen LogP contribution in [0.25, 0.3) is 0 Å². The van der Waals surface area contributed by atoms with Crippen molar-refractivity contribution in [2.24, 2.45) is 5.92 Å². The van der Waals surface area contributed by atoms with E-state index in [9.17, 15) is 14.4 Å². The summed E-state index contributed by atoms with van der Waals surface area (Å²) in [7, 11) is 0. The highest BCUT2D eigenvalue weighted by atomic mass is 32.1. The van der Waals surface area contributed by atoms with Crippen LogP contribution in [0.5, 0.6) is 0 Å². The number of imide groups is 1. The van der Waals surface area contributed by atoms with E-state index in [2.05, 4.69) is 10.6 Å². The number of amides is 4. The van der Waals surface area contributed by atoms with Crippen molar-refractivity contribution in [3.8, 4) is 0 Å². The molecule has 1 aliphatic rings. The van der Waals surface area contributed by atoms with E-state index in [-0.39, 0.29) is 24.4 Å². The molecule has 0 radical (unpaired) electrons. The highest BCUT2D eigenvalue weighted by Gasteiger charge is 2.50. The predicted molar refractivity (Wildman–Crippen MR) is 84.4 cm³/mol. The molecule has 0 aromatic carbocycles. The van der Waals surface area contributed by atoms with Gasteiger partial charge in [-0.2, -0.15) is 0 Å². The number of hydrogen-bond acceptors (Lipinski definition) is 4. The molecule has 0 saturated carbocycles. The van der Waals surface area contributed by atoms with Crippen molar-refractivity contribution in [2.45, 2.75) is 39.3 Å². The first kappa shape index (κ1) is 16.5. The van der Waals surface area contributed by atoms with Gasteiger partial charge in [-0.05, 0) is 31.2 Å². The van der Waals surface area contributed by atoms with Crippen molar-refractivity contribution in [2.75, 3.05) is 6.54 Å². The van der Waals surface area contributed by atoms with Gasteiger partial charge in [-0.3, -0.25) is 14.5 Å². The van der Waals surface area contributed by atoms with Gasteiger partial charge in [-0.25, -0.2) is 4.79 Å². The van der Waals surface area contributed by atoms with E-state index in [0.29, 0.717) is 0 Å². The Hall–Kier alpha value is -1.89. The molecule has 1 aromatic rings. The van der Waals surface area contributed by atoms with E-state index < -0.39 is 17.5 Å². The first-order chi connectivity index (χ1) is 10.3. The van der Waals surface area contributed by atoms with Crippen LogP contribution < -0.4 is 10.6 Å². The largest absolute Gasteiger partial charge is 0.352 e. The number of carbonyl (C=O) groups is 3. The Morgan fingerprint density at radius 3 is 2.64 bits per heavy atom. The molecular formula is C15H21N3O3S. The summed E-state index contributed by atoms with van der Waals surface area (Å²) in [5.74, 6) is -0.448. The molecule has 1 aliphatic heterocycles. The Morgan fingerprint density at radius 1 is 1.41 bits per heavy atom. The highest BCUT2D eigenvalue weighted by molar-refractivity contribution is 7.10. The Bertz CT molecular complexity index is 585. The SMILES string of the molecule is CC(C)[C@H](C)NC(=O)CN1C(=O)N[C@@](C)(c2cccs2)C1=O. The van der Waals surface area contributed by atoms with Gasteiger partial charge in [-0.15, -0.1) is 11.3 Å². The summed E-state index contributed by atoms with van der Waals surface area (Å²) >= 11 is 1.40.